The highest BCUT2D eigenvalue weighted by molar-refractivity contribution is 6.10. The fourth-order valence-corrected chi connectivity index (χ4v) is 3.62. The first kappa shape index (κ1) is 13.5. The first-order chi connectivity index (χ1) is 12.8. The second-order valence-electron chi connectivity index (χ2n) is 6.75. The van der Waals surface area contributed by atoms with E-state index in [4.69, 9.17) is 2.74 Å². The monoisotopic (exact) mass is 332 g/mol. The van der Waals surface area contributed by atoms with Crippen molar-refractivity contribution in [2.24, 2.45) is 7.05 Å². The molecule has 0 saturated carbocycles. The zero-order chi connectivity index (χ0) is 19.5. The average Bonchev–Trinajstić information content (AvgIpc) is 2.63. The molecule has 0 spiro atoms. The number of aryl methyl sites for hydroxylation is 2. The summed E-state index contributed by atoms with van der Waals surface area (Å²) in [6.07, 6.45) is 0.146. The Morgan fingerprint density at radius 1 is 0.920 bits per heavy atom. The number of aromatic nitrogens is 1. The van der Waals surface area contributed by atoms with Crippen molar-refractivity contribution >= 4 is 21.5 Å². The molecule has 4 aromatic rings. The van der Waals surface area contributed by atoms with Gasteiger partial charge in [-0.2, -0.15) is 0 Å². The first-order valence-corrected chi connectivity index (χ1v) is 8.39. The third-order valence-electron chi connectivity index (χ3n) is 4.99. The van der Waals surface area contributed by atoms with Crippen LogP contribution in [0.25, 0.3) is 32.8 Å². The largest absolute Gasteiger partial charge is 0.220 e. The lowest BCUT2D eigenvalue weighted by Crippen LogP contribution is -2.30. The molecule has 0 saturated heterocycles. The van der Waals surface area contributed by atoms with Gasteiger partial charge >= 0.3 is 0 Å². The van der Waals surface area contributed by atoms with Crippen molar-refractivity contribution in [1.29, 1.82) is 0 Å². The van der Waals surface area contributed by atoms with Crippen LogP contribution in [0.2, 0.25) is 0 Å². The molecule has 4 rings (SSSR count). The smallest absolute Gasteiger partial charge is 0.207 e. The van der Waals surface area contributed by atoms with Crippen molar-refractivity contribution in [2.75, 3.05) is 0 Å². The Bertz CT molecular complexity index is 1250. The molecule has 0 N–H and O–H groups in total. The molecule has 2 heteroatoms. The normalized spacial score (nSPS) is 12.5. The molecule has 124 valence electrons. The van der Waals surface area contributed by atoms with E-state index in [2.05, 4.69) is 32.9 Å². The summed E-state index contributed by atoms with van der Waals surface area (Å²) < 4.78 is 32.5. The van der Waals surface area contributed by atoms with Crippen LogP contribution in [0.5, 0.6) is 0 Å². The van der Waals surface area contributed by atoms with Crippen molar-refractivity contribution in [3.63, 3.8) is 0 Å². The third kappa shape index (κ3) is 2.49. The van der Waals surface area contributed by atoms with Gasteiger partial charge in [-0.1, -0.05) is 23.8 Å². The first-order valence-electron chi connectivity index (χ1n) is 9.39. The molecule has 3 aromatic carbocycles. The van der Waals surface area contributed by atoms with Gasteiger partial charge in [0, 0.05) is 11.4 Å². The van der Waals surface area contributed by atoms with Crippen LogP contribution in [0.4, 0.5) is 4.39 Å². The molecular formula is C23H21FN+. The molecule has 0 amide bonds. The van der Waals surface area contributed by atoms with E-state index in [0.717, 1.165) is 38.5 Å². The van der Waals surface area contributed by atoms with Crippen LogP contribution in [0, 0.1) is 26.6 Å². The zero-order valence-corrected chi connectivity index (χ0v) is 14.9. The Balaban J connectivity index is 2.25. The van der Waals surface area contributed by atoms with Crippen LogP contribution in [0.15, 0.2) is 54.7 Å². The summed E-state index contributed by atoms with van der Waals surface area (Å²) >= 11 is 0. The second kappa shape index (κ2) is 5.66. The molecule has 0 unspecified atom stereocenters. The average molecular weight is 332 g/mol. The van der Waals surface area contributed by atoms with Gasteiger partial charge in [-0.3, -0.25) is 0 Å². The van der Waals surface area contributed by atoms with Gasteiger partial charge in [0.1, 0.15) is 14.2 Å². The van der Waals surface area contributed by atoms with E-state index < -0.39 is 0 Å². The maximum Gasteiger partial charge on any atom is 0.220 e. The van der Waals surface area contributed by atoms with Crippen molar-refractivity contribution in [2.45, 2.75) is 20.8 Å². The lowest BCUT2D eigenvalue weighted by atomic mass is 9.93. The van der Waals surface area contributed by atoms with Gasteiger partial charge in [0.15, 0.2) is 6.17 Å². The summed E-state index contributed by atoms with van der Waals surface area (Å²) in [7, 11) is 1.83. The van der Waals surface area contributed by atoms with Gasteiger partial charge in [0.25, 0.3) is 0 Å². The highest BCUT2D eigenvalue weighted by Gasteiger charge is 2.19. The van der Waals surface area contributed by atoms with E-state index in [0.29, 0.717) is 5.39 Å². The predicted octanol–water partition coefficient (Wildman–Crippen LogP) is 5.55. The minimum absolute atomic E-state index is 0.146. The lowest BCUT2D eigenvalue weighted by molar-refractivity contribution is -0.659. The number of hydrogen-bond acceptors (Lipinski definition) is 0. The quantitative estimate of drug-likeness (QED) is 0.318. The fourth-order valence-electron chi connectivity index (χ4n) is 3.62. The van der Waals surface area contributed by atoms with Crippen molar-refractivity contribution in [3.05, 3.63) is 77.2 Å². The number of fused-ring (bicyclic) bond motifs is 3. The van der Waals surface area contributed by atoms with Crippen LogP contribution >= 0.6 is 0 Å². The third-order valence-corrected chi connectivity index (χ3v) is 4.99. The molecule has 1 nitrogen and oxygen atoms in total. The SMILES string of the molecule is [2H]c1c([2H])[n+](C)c(-c2cc(C)cc(C)c2C)c2ccc3cc(F)ccc3c12. The summed E-state index contributed by atoms with van der Waals surface area (Å²) in [5.74, 6) is -0.300. The molecular weight excluding hydrogens is 309 g/mol. The van der Waals surface area contributed by atoms with E-state index in [1.807, 2.05) is 19.2 Å². The maximum atomic E-state index is 13.7. The molecule has 0 radical (unpaired) electrons. The minimum atomic E-state index is -0.300. The fraction of sp³-hybridized carbons (Fsp3) is 0.174. The van der Waals surface area contributed by atoms with Crippen molar-refractivity contribution in [3.8, 4) is 11.3 Å². The van der Waals surface area contributed by atoms with Gasteiger partial charge < -0.3 is 0 Å². The van der Waals surface area contributed by atoms with E-state index >= 15 is 0 Å². The molecule has 0 fully saturated rings. The molecule has 0 bridgehead atoms. The number of benzene rings is 3. The molecule has 0 aliphatic heterocycles. The highest BCUT2D eigenvalue weighted by Crippen LogP contribution is 2.33. The Morgan fingerprint density at radius 2 is 1.68 bits per heavy atom. The molecule has 0 aliphatic rings. The maximum absolute atomic E-state index is 13.7. The Kier molecular flexibility index (Phi) is 3.07. The number of pyridine rings is 1. The number of rotatable bonds is 1. The van der Waals surface area contributed by atoms with Gasteiger partial charge in [0.05, 0.1) is 12.3 Å². The highest BCUT2D eigenvalue weighted by atomic mass is 19.1. The van der Waals surface area contributed by atoms with E-state index in [1.165, 1.54) is 17.7 Å². The van der Waals surface area contributed by atoms with Crippen molar-refractivity contribution < 1.29 is 11.7 Å². The molecule has 1 aromatic heterocycles. The summed E-state index contributed by atoms with van der Waals surface area (Å²) in [6.45, 7) is 6.24. The van der Waals surface area contributed by atoms with Crippen LogP contribution in [-0.2, 0) is 7.05 Å². The number of halogens is 1. The van der Waals surface area contributed by atoms with Crippen LogP contribution in [0.1, 0.15) is 19.4 Å². The zero-order valence-electron chi connectivity index (χ0n) is 16.9. The predicted molar refractivity (Wildman–Crippen MR) is 102 cm³/mol. The number of nitrogens with zero attached hydrogens (tertiary/aromatic N) is 1. The Morgan fingerprint density at radius 3 is 2.48 bits per heavy atom. The minimum Gasteiger partial charge on any atom is -0.207 e. The van der Waals surface area contributed by atoms with E-state index in [9.17, 15) is 4.39 Å². The summed E-state index contributed by atoms with van der Waals surface area (Å²) in [5.41, 5.74) is 5.50. The molecule has 0 aliphatic carbocycles. The topological polar surface area (TPSA) is 3.88 Å². The molecule has 0 atom stereocenters. The van der Waals surface area contributed by atoms with Gasteiger partial charge in [-0.15, -0.1) is 0 Å². The van der Waals surface area contributed by atoms with Crippen LogP contribution in [0.3, 0.4) is 0 Å². The molecule has 25 heavy (non-hydrogen) atoms. The second-order valence-corrected chi connectivity index (χ2v) is 6.75. The molecule has 1 heterocycles. The van der Waals surface area contributed by atoms with Gasteiger partial charge in [-0.05, 0) is 66.9 Å². The van der Waals surface area contributed by atoms with E-state index in [1.54, 1.807) is 10.6 Å². The Hall–Kier alpha value is -2.74. The van der Waals surface area contributed by atoms with Crippen LogP contribution < -0.4 is 4.57 Å². The summed E-state index contributed by atoms with van der Waals surface area (Å²) in [4.78, 5) is 0. The van der Waals surface area contributed by atoms with Crippen molar-refractivity contribution in [1.82, 2.24) is 0 Å². The lowest BCUT2D eigenvalue weighted by Gasteiger charge is -2.12. The summed E-state index contributed by atoms with van der Waals surface area (Å²) in [5, 5.41) is 3.15. The van der Waals surface area contributed by atoms with Gasteiger partial charge in [0.2, 0.25) is 5.69 Å². The van der Waals surface area contributed by atoms with Crippen LogP contribution in [-0.4, -0.2) is 0 Å². The standard InChI is InChI=1S/C23H21FN/c1-14-11-15(2)16(3)22(12-14)23-21-7-5-17-13-18(24)6-8-19(17)20(21)9-10-25(23)4/h5-13H,1-4H3/q+1/i9D,10D. The summed E-state index contributed by atoms with van der Waals surface area (Å²) in [6, 6.07) is 12.9. The Labute approximate surface area is 150 Å². The van der Waals surface area contributed by atoms with Gasteiger partial charge in [-0.25, -0.2) is 8.96 Å². The van der Waals surface area contributed by atoms with E-state index in [-0.39, 0.29) is 18.0 Å². The number of hydrogen-bond donors (Lipinski definition) is 0.